The van der Waals surface area contributed by atoms with Gasteiger partial charge < -0.3 is 4.57 Å². The Hall–Kier alpha value is -5.58. The van der Waals surface area contributed by atoms with E-state index in [1.807, 2.05) is 11.3 Å². The highest BCUT2D eigenvalue weighted by Crippen LogP contribution is 2.42. The number of rotatable bonds is 3. The van der Waals surface area contributed by atoms with Crippen LogP contribution in [-0.4, -0.2) is 14.5 Å². The van der Waals surface area contributed by atoms with E-state index < -0.39 is 0 Å². The molecule has 0 aliphatic heterocycles. The standard InChI is InChI=1S/C42H27N3S/c1-2-11-29-26(10-1)22-25-37-39(29)33-14-4-7-18-36(33)45(37)28-23-20-27(21-24-28)42-43-35-17-6-3-13-32(35)40(44-42)34-16-9-15-31-30-12-5-8-19-38(30)46-41(31)34/h1-3,5-13,15-25H,4,14H2. The summed E-state index contributed by atoms with van der Waals surface area (Å²) in [5, 5.41) is 7.62. The maximum atomic E-state index is 5.29. The van der Waals surface area contributed by atoms with Crippen molar-refractivity contribution in [3.8, 4) is 28.3 Å². The molecular weight excluding hydrogens is 579 g/mol. The lowest BCUT2D eigenvalue weighted by Crippen LogP contribution is -2.00. The van der Waals surface area contributed by atoms with E-state index in [4.69, 9.17) is 9.97 Å². The average Bonchev–Trinajstić information content (AvgIpc) is 3.67. The molecule has 0 radical (unpaired) electrons. The van der Waals surface area contributed by atoms with Crippen molar-refractivity contribution in [2.75, 3.05) is 0 Å². The first-order valence-electron chi connectivity index (χ1n) is 15.8. The fraction of sp³-hybridized carbons (Fsp3) is 0.0476. The van der Waals surface area contributed by atoms with Crippen LogP contribution < -0.4 is 0 Å². The summed E-state index contributed by atoms with van der Waals surface area (Å²) in [6, 6.07) is 45.7. The molecular formula is C42H27N3S. The maximum Gasteiger partial charge on any atom is 0.160 e. The Bertz CT molecular complexity index is 2690. The number of allylic oxidation sites excluding steroid dienone is 1. The number of aryl methyl sites for hydroxylation is 1. The van der Waals surface area contributed by atoms with Gasteiger partial charge in [0.2, 0.25) is 0 Å². The van der Waals surface area contributed by atoms with Crippen LogP contribution in [0.4, 0.5) is 0 Å². The molecule has 3 heterocycles. The van der Waals surface area contributed by atoms with Gasteiger partial charge in [-0.2, -0.15) is 0 Å². The summed E-state index contributed by atoms with van der Waals surface area (Å²) in [5.41, 5.74) is 9.21. The van der Waals surface area contributed by atoms with E-state index in [-0.39, 0.29) is 0 Å². The van der Waals surface area contributed by atoms with Crippen LogP contribution in [-0.2, 0) is 6.42 Å². The summed E-state index contributed by atoms with van der Waals surface area (Å²) in [5.74, 6) is 0.739. The van der Waals surface area contributed by atoms with E-state index in [0.717, 1.165) is 52.1 Å². The van der Waals surface area contributed by atoms with Gasteiger partial charge in [-0.15, -0.1) is 11.3 Å². The van der Waals surface area contributed by atoms with Crippen molar-refractivity contribution in [2.24, 2.45) is 0 Å². The van der Waals surface area contributed by atoms with E-state index >= 15 is 0 Å². The minimum absolute atomic E-state index is 0.739. The minimum atomic E-state index is 0.739. The van der Waals surface area contributed by atoms with Gasteiger partial charge in [-0.1, -0.05) is 91.0 Å². The first kappa shape index (κ1) is 25.7. The predicted octanol–water partition coefficient (Wildman–Crippen LogP) is 11.4. The highest BCUT2D eigenvalue weighted by molar-refractivity contribution is 7.26. The van der Waals surface area contributed by atoms with Gasteiger partial charge in [-0.05, 0) is 77.7 Å². The van der Waals surface area contributed by atoms with Gasteiger partial charge in [0.05, 0.1) is 16.7 Å². The van der Waals surface area contributed by atoms with Gasteiger partial charge in [0.1, 0.15) is 0 Å². The fourth-order valence-corrected chi connectivity index (χ4v) is 8.61. The van der Waals surface area contributed by atoms with Crippen LogP contribution in [0.15, 0.2) is 133 Å². The molecule has 0 amide bonds. The molecule has 46 heavy (non-hydrogen) atoms. The van der Waals surface area contributed by atoms with Crippen LogP contribution >= 0.6 is 11.3 Å². The van der Waals surface area contributed by atoms with Crippen molar-refractivity contribution in [2.45, 2.75) is 12.8 Å². The van der Waals surface area contributed by atoms with Crippen molar-refractivity contribution in [1.29, 1.82) is 0 Å². The van der Waals surface area contributed by atoms with Gasteiger partial charge in [0.15, 0.2) is 5.82 Å². The molecule has 4 heteroatoms. The monoisotopic (exact) mass is 605 g/mol. The molecule has 216 valence electrons. The molecule has 0 N–H and O–H groups in total. The van der Waals surface area contributed by atoms with Crippen LogP contribution in [0.5, 0.6) is 0 Å². The summed E-state index contributed by atoms with van der Waals surface area (Å²) >= 11 is 1.84. The van der Waals surface area contributed by atoms with E-state index in [1.165, 1.54) is 53.1 Å². The summed E-state index contributed by atoms with van der Waals surface area (Å²) in [7, 11) is 0. The maximum absolute atomic E-state index is 5.29. The average molecular weight is 606 g/mol. The Balaban J connectivity index is 1.14. The summed E-state index contributed by atoms with van der Waals surface area (Å²) in [6.07, 6.45) is 6.73. The first-order valence-corrected chi connectivity index (χ1v) is 16.6. The number of hydrogen-bond donors (Lipinski definition) is 0. The van der Waals surface area contributed by atoms with Gasteiger partial charge in [0.25, 0.3) is 0 Å². The van der Waals surface area contributed by atoms with Crippen molar-refractivity contribution < 1.29 is 0 Å². The molecule has 10 rings (SSSR count). The zero-order chi connectivity index (χ0) is 30.2. The van der Waals surface area contributed by atoms with Crippen molar-refractivity contribution >= 4 is 70.2 Å². The second kappa shape index (κ2) is 9.96. The van der Waals surface area contributed by atoms with E-state index in [0.29, 0.717) is 0 Å². The third-order valence-corrected chi connectivity index (χ3v) is 10.7. The number of fused-ring (bicyclic) bond motifs is 9. The van der Waals surface area contributed by atoms with Gasteiger partial charge in [-0.25, -0.2) is 9.97 Å². The smallest absolute Gasteiger partial charge is 0.160 e. The van der Waals surface area contributed by atoms with Crippen LogP contribution in [0.1, 0.15) is 17.7 Å². The molecule has 1 aliphatic carbocycles. The molecule has 0 saturated carbocycles. The zero-order valence-corrected chi connectivity index (χ0v) is 25.8. The molecule has 0 bridgehead atoms. The van der Waals surface area contributed by atoms with Crippen molar-refractivity contribution in [1.82, 2.24) is 14.5 Å². The lowest BCUT2D eigenvalue weighted by Gasteiger charge is -2.13. The Morgan fingerprint density at radius 2 is 1.41 bits per heavy atom. The zero-order valence-electron chi connectivity index (χ0n) is 24.9. The second-order valence-corrected chi connectivity index (χ2v) is 13.1. The molecule has 0 fully saturated rings. The quantitative estimate of drug-likeness (QED) is 0.201. The molecule has 6 aromatic carbocycles. The van der Waals surface area contributed by atoms with E-state index in [9.17, 15) is 0 Å². The Kier molecular flexibility index (Phi) is 5.57. The first-order chi connectivity index (χ1) is 22.8. The Labute approximate surface area is 269 Å². The van der Waals surface area contributed by atoms with E-state index in [1.54, 1.807) is 0 Å². The number of para-hydroxylation sites is 1. The Morgan fingerprint density at radius 1 is 0.630 bits per heavy atom. The topological polar surface area (TPSA) is 30.7 Å². The summed E-state index contributed by atoms with van der Waals surface area (Å²) in [4.78, 5) is 10.4. The van der Waals surface area contributed by atoms with Crippen LogP contribution in [0.25, 0.3) is 87.2 Å². The third kappa shape index (κ3) is 3.77. The van der Waals surface area contributed by atoms with Crippen LogP contribution in [0.3, 0.4) is 0 Å². The molecule has 0 spiro atoms. The van der Waals surface area contributed by atoms with Crippen LogP contribution in [0.2, 0.25) is 0 Å². The molecule has 9 aromatic rings. The SMILES string of the molecule is C1=Cc2c(c3c4ccccc4ccc3n2-c2ccc(-c3nc(-c4cccc5c4sc4ccccc45)c4ccccc4n3)cc2)CC1. The molecule has 0 saturated heterocycles. The highest BCUT2D eigenvalue weighted by Gasteiger charge is 2.21. The molecule has 3 aromatic heterocycles. The lowest BCUT2D eigenvalue weighted by molar-refractivity contribution is 0.968. The molecule has 1 aliphatic rings. The van der Waals surface area contributed by atoms with Crippen molar-refractivity contribution in [3.63, 3.8) is 0 Å². The van der Waals surface area contributed by atoms with Gasteiger partial charge in [0, 0.05) is 53.5 Å². The number of hydrogen-bond acceptors (Lipinski definition) is 3. The third-order valence-electron chi connectivity index (χ3n) is 9.48. The lowest BCUT2D eigenvalue weighted by atomic mass is 9.97. The summed E-state index contributed by atoms with van der Waals surface area (Å²) < 4.78 is 4.98. The van der Waals surface area contributed by atoms with Crippen LogP contribution in [0, 0.1) is 0 Å². The summed E-state index contributed by atoms with van der Waals surface area (Å²) in [6.45, 7) is 0. The molecule has 3 nitrogen and oxygen atoms in total. The van der Waals surface area contributed by atoms with E-state index in [2.05, 4.69) is 144 Å². The molecule has 0 atom stereocenters. The number of benzene rings is 6. The minimum Gasteiger partial charge on any atom is -0.310 e. The van der Waals surface area contributed by atoms with Crippen molar-refractivity contribution in [3.05, 3.63) is 145 Å². The predicted molar refractivity (Wildman–Crippen MR) is 195 cm³/mol. The van der Waals surface area contributed by atoms with Gasteiger partial charge in [-0.3, -0.25) is 0 Å². The van der Waals surface area contributed by atoms with Gasteiger partial charge >= 0.3 is 0 Å². The normalized spacial score (nSPS) is 13.0. The number of nitrogens with zero attached hydrogens (tertiary/aromatic N) is 3. The number of thiophene rings is 1. The largest absolute Gasteiger partial charge is 0.310 e. The highest BCUT2D eigenvalue weighted by atomic mass is 32.1. The Morgan fingerprint density at radius 3 is 2.33 bits per heavy atom. The fourth-order valence-electron chi connectivity index (χ4n) is 7.39. The number of aromatic nitrogens is 3. The molecule has 0 unspecified atom stereocenters. The second-order valence-electron chi connectivity index (χ2n) is 12.1.